The third-order valence-corrected chi connectivity index (χ3v) is 12.3. The highest BCUT2D eigenvalue weighted by molar-refractivity contribution is 5.98. The summed E-state index contributed by atoms with van der Waals surface area (Å²) in [4.78, 5) is 45.3. The average Bonchev–Trinajstić information content (AvgIpc) is 3.61. The Balaban J connectivity index is 1.32. The number of aromatic nitrogens is 2. The first-order valence-corrected chi connectivity index (χ1v) is 19.8. The number of carbonyl (C=O) groups excluding carboxylic acids is 2. The van der Waals surface area contributed by atoms with E-state index in [1.54, 1.807) is 35.9 Å². The number of terminal acetylenes is 1. The van der Waals surface area contributed by atoms with Crippen LogP contribution >= 0.6 is 0 Å². The molecule has 7 rings (SSSR count). The van der Waals surface area contributed by atoms with Gasteiger partial charge in [-0.05, 0) is 143 Å². The molecule has 1 aromatic heterocycles. The van der Waals surface area contributed by atoms with Gasteiger partial charge >= 0.3 is 5.97 Å². The van der Waals surface area contributed by atoms with Crippen molar-refractivity contribution >= 4 is 17.8 Å². The molecule has 4 saturated carbocycles. The molecular formula is C44H57N5O6. The molecule has 4 aliphatic carbocycles. The molecule has 0 saturated heterocycles. The van der Waals surface area contributed by atoms with Crippen LogP contribution in [0.25, 0.3) is 16.9 Å². The van der Waals surface area contributed by atoms with Crippen molar-refractivity contribution in [2.75, 3.05) is 47.9 Å². The van der Waals surface area contributed by atoms with Crippen LogP contribution in [-0.2, 0) is 4.79 Å². The molecule has 0 radical (unpaired) electrons. The number of ether oxygens (including phenoxy) is 2. The van der Waals surface area contributed by atoms with E-state index in [1.807, 2.05) is 37.4 Å². The minimum Gasteiger partial charge on any atom is -0.496 e. The van der Waals surface area contributed by atoms with Gasteiger partial charge in [0.25, 0.3) is 11.8 Å². The summed E-state index contributed by atoms with van der Waals surface area (Å²) >= 11 is 0. The molecule has 11 heteroatoms. The van der Waals surface area contributed by atoms with Gasteiger partial charge in [-0.3, -0.25) is 9.59 Å². The smallest absolute Gasteiger partial charge is 0.330 e. The fourth-order valence-electron chi connectivity index (χ4n) is 9.71. The number of benzene rings is 2. The maximum atomic E-state index is 14.4. The molecule has 11 nitrogen and oxygen atoms in total. The molecule has 0 atom stereocenters. The quantitative estimate of drug-likeness (QED) is 0.113. The SMILES string of the molecule is C#CCCCCN(C)CCCN(C)C(=O)c1ccc(-n2nc(C(=O)NC3(C(=O)O)C4CC5CC(C4)CC3C5)cc2-c2c(OC)cccc2OC)c(C(C)C)c1. The molecule has 2 N–H and O–H groups in total. The number of carboxylic acids is 1. The van der Waals surface area contributed by atoms with E-state index < -0.39 is 17.4 Å². The van der Waals surface area contributed by atoms with Crippen molar-refractivity contribution in [3.8, 4) is 40.8 Å². The van der Waals surface area contributed by atoms with E-state index in [1.165, 1.54) is 0 Å². The number of carbonyl (C=O) groups is 3. The normalized spacial score (nSPS) is 22.5. The zero-order valence-corrected chi connectivity index (χ0v) is 33.3. The van der Waals surface area contributed by atoms with Gasteiger partial charge in [-0.2, -0.15) is 5.10 Å². The lowest BCUT2D eigenvalue weighted by Gasteiger charge is -2.59. The number of amides is 2. The van der Waals surface area contributed by atoms with Crippen LogP contribution in [-0.4, -0.2) is 96.0 Å². The van der Waals surface area contributed by atoms with Gasteiger partial charge < -0.3 is 29.7 Å². The Morgan fingerprint density at radius 2 is 1.58 bits per heavy atom. The van der Waals surface area contributed by atoms with E-state index in [4.69, 9.17) is 21.0 Å². The second kappa shape index (κ2) is 16.9. The van der Waals surface area contributed by atoms with Crippen LogP contribution in [0.3, 0.4) is 0 Å². The average molecular weight is 752 g/mol. The highest BCUT2D eigenvalue weighted by Crippen LogP contribution is 2.58. The van der Waals surface area contributed by atoms with Gasteiger partial charge in [0.2, 0.25) is 0 Å². The maximum absolute atomic E-state index is 14.4. The van der Waals surface area contributed by atoms with E-state index in [2.05, 4.69) is 37.0 Å². The van der Waals surface area contributed by atoms with Crippen LogP contribution in [0.2, 0.25) is 0 Å². The number of nitrogens with zero attached hydrogens (tertiary/aromatic N) is 4. The maximum Gasteiger partial charge on any atom is 0.330 e. The third kappa shape index (κ3) is 7.97. The van der Waals surface area contributed by atoms with Crippen LogP contribution in [0.5, 0.6) is 11.5 Å². The molecule has 55 heavy (non-hydrogen) atoms. The van der Waals surface area contributed by atoms with E-state index in [0.717, 1.165) is 76.4 Å². The number of aliphatic carboxylic acids is 1. The van der Waals surface area contributed by atoms with E-state index in [0.29, 0.717) is 52.4 Å². The first-order chi connectivity index (χ1) is 26.4. The predicted molar refractivity (Wildman–Crippen MR) is 213 cm³/mol. The van der Waals surface area contributed by atoms with Crippen molar-refractivity contribution in [2.24, 2.45) is 23.7 Å². The third-order valence-electron chi connectivity index (χ3n) is 12.3. The Labute approximate surface area is 325 Å². The van der Waals surface area contributed by atoms with Crippen molar-refractivity contribution in [1.29, 1.82) is 0 Å². The number of hydrogen-bond acceptors (Lipinski definition) is 7. The second-order valence-electron chi connectivity index (χ2n) is 16.3. The fraction of sp³-hybridized carbons (Fsp3) is 0.545. The molecule has 3 aromatic rings. The van der Waals surface area contributed by atoms with Crippen molar-refractivity contribution in [1.82, 2.24) is 24.9 Å². The highest BCUT2D eigenvalue weighted by atomic mass is 16.5. The predicted octanol–water partition coefficient (Wildman–Crippen LogP) is 6.89. The largest absolute Gasteiger partial charge is 0.496 e. The first-order valence-electron chi connectivity index (χ1n) is 19.8. The van der Waals surface area contributed by atoms with Gasteiger partial charge in [0, 0.05) is 25.6 Å². The van der Waals surface area contributed by atoms with Gasteiger partial charge in [0.15, 0.2) is 5.69 Å². The van der Waals surface area contributed by atoms with E-state index in [-0.39, 0.29) is 29.4 Å². The lowest BCUT2D eigenvalue weighted by atomic mass is 9.48. The summed E-state index contributed by atoms with van der Waals surface area (Å²) in [5.41, 5.74) is 2.00. The van der Waals surface area contributed by atoms with Gasteiger partial charge in [0.05, 0.1) is 31.2 Å². The molecule has 2 aromatic carbocycles. The molecule has 4 bridgehead atoms. The number of carboxylic acid groups (broad SMARTS) is 1. The summed E-state index contributed by atoms with van der Waals surface area (Å²) in [6, 6.07) is 12.7. The van der Waals surface area contributed by atoms with Crippen LogP contribution < -0.4 is 14.8 Å². The Hall–Kier alpha value is -4.82. The monoisotopic (exact) mass is 751 g/mol. The molecule has 0 aliphatic heterocycles. The molecular weight excluding hydrogens is 695 g/mol. The van der Waals surface area contributed by atoms with Crippen LogP contribution in [0.1, 0.15) is 104 Å². The van der Waals surface area contributed by atoms with E-state index >= 15 is 0 Å². The minimum absolute atomic E-state index is 0.0200. The summed E-state index contributed by atoms with van der Waals surface area (Å²) in [6.45, 7) is 6.58. The molecule has 1 heterocycles. The summed E-state index contributed by atoms with van der Waals surface area (Å²) in [7, 11) is 7.07. The van der Waals surface area contributed by atoms with Gasteiger partial charge in [-0.25, -0.2) is 9.48 Å². The Morgan fingerprint density at radius 3 is 2.16 bits per heavy atom. The van der Waals surface area contributed by atoms with Gasteiger partial charge in [0.1, 0.15) is 17.0 Å². The standard InChI is InChI=1S/C44H57N5O6/c1-8-9-10-11-18-47(4)19-13-20-48(5)42(51)31-16-17-36(34(26-31)28(2)3)49-37(40-38(54-6)14-12-15-39(40)55-7)27-35(46-49)41(50)45-44(43(52)53)32-22-29-21-30(24-32)25-33(44)23-29/h1,12,14-17,26-30,32-33H,9-11,13,18-25H2,2-7H3,(H,45,50)(H,52,53). The number of nitrogens with one attached hydrogen (secondary N) is 1. The number of methoxy groups -OCH3 is 2. The molecule has 294 valence electrons. The van der Waals surface area contributed by atoms with Gasteiger partial charge in [-0.1, -0.05) is 19.9 Å². The van der Waals surface area contributed by atoms with Crippen LogP contribution in [0.15, 0.2) is 42.5 Å². The lowest BCUT2D eigenvalue weighted by molar-refractivity contribution is -0.163. The van der Waals surface area contributed by atoms with Crippen molar-refractivity contribution in [3.05, 3.63) is 59.3 Å². The van der Waals surface area contributed by atoms with Crippen LogP contribution in [0, 0.1) is 36.0 Å². The van der Waals surface area contributed by atoms with Crippen molar-refractivity contribution < 1.29 is 29.0 Å². The number of unbranched alkanes of at least 4 members (excludes halogenated alkanes) is 2. The first kappa shape index (κ1) is 39.9. The molecule has 2 amide bonds. The van der Waals surface area contributed by atoms with Gasteiger partial charge in [-0.15, -0.1) is 12.3 Å². The fourth-order valence-corrected chi connectivity index (χ4v) is 9.71. The summed E-state index contributed by atoms with van der Waals surface area (Å²) in [6.07, 6.45) is 13.5. The Bertz CT molecular complexity index is 1880. The lowest BCUT2D eigenvalue weighted by Crippen LogP contribution is -2.70. The molecule has 4 fully saturated rings. The Kier molecular flexibility index (Phi) is 12.3. The molecule has 4 aliphatic rings. The Morgan fingerprint density at radius 1 is 0.945 bits per heavy atom. The molecule has 0 spiro atoms. The van der Waals surface area contributed by atoms with Crippen molar-refractivity contribution in [3.63, 3.8) is 0 Å². The molecule has 0 unspecified atom stereocenters. The van der Waals surface area contributed by atoms with E-state index in [9.17, 15) is 19.5 Å². The summed E-state index contributed by atoms with van der Waals surface area (Å²) < 4.78 is 13.3. The minimum atomic E-state index is -1.33. The second-order valence-corrected chi connectivity index (χ2v) is 16.3. The summed E-state index contributed by atoms with van der Waals surface area (Å²) in [5.74, 6) is 2.99. The van der Waals surface area contributed by atoms with Crippen LogP contribution in [0.4, 0.5) is 0 Å². The number of rotatable bonds is 17. The summed E-state index contributed by atoms with van der Waals surface area (Å²) in [5, 5.41) is 18.7. The topological polar surface area (TPSA) is 126 Å². The highest BCUT2D eigenvalue weighted by Gasteiger charge is 2.62. The van der Waals surface area contributed by atoms with Crippen molar-refractivity contribution in [2.45, 2.75) is 83.1 Å². The zero-order valence-electron chi connectivity index (χ0n) is 33.3. The zero-order chi connectivity index (χ0) is 39.4. The number of hydrogen-bond donors (Lipinski definition) is 2.